The maximum Gasteiger partial charge on any atom is 0.243 e. The normalized spacial score (nSPS) is 13.2. The summed E-state index contributed by atoms with van der Waals surface area (Å²) < 4.78 is 0. The Morgan fingerprint density at radius 3 is 1.85 bits per heavy atom. The second kappa shape index (κ2) is 19.4. The lowest BCUT2D eigenvalue weighted by atomic mass is 10.0. The molecule has 5 amide bonds. The van der Waals surface area contributed by atoms with E-state index in [0.717, 1.165) is 11.5 Å². The number of benzene rings is 1. The van der Waals surface area contributed by atoms with Crippen LogP contribution in [-0.2, 0) is 35.5 Å². The predicted molar refractivity (Wildman–Crippen MR) is 162 cm³/mol. The van der Waals surface area contributed by atoms with Gasteiger partial charge in [0.1, 0.15) is 18.1 Å². The smallest absolute Gasteiger partial charge is 0.243 e. The van der Waals surface area contributed by atoms with Crippen molar-refractivity contribution in [3.8, 4) is 0 Å². The highest BCUT2D eigenvalue weighted by molar-refractivity contribution is 7.98. The first kappa shape index (κ1) is 35.3. The Morgan fingerprint density at radius 1 is 0.800 bits per heavy atom. The summed E-state index contributed by atoms with van der Waals surface area (Å²) in [6.45, 7) is 7.30. The number of primary amides is 2. The summed E-state index contributed by atoms with van der Waals surface area (Å²) in [5, 5.41) is 8.05. The highest BCUT2D eigenvalue weighted by atomic mass is 32.2. The SMILES string of the molecule is CCC[C@H](NC(=O)[C@H](CC(C)C)NC(=O)[C@H](C)NC(=O)CCSCc1ccccc1CSCCC(N)=O)C(N)=O. The molecule has 1 aromatic carbocycles. The molecule has 0 fully saturated rings. The van der Waals surface area contributed by atoms with Crippen LogP contribution in [0, 0.1) is 5.92 Å². The monoisotopic (exact) mass is 595 g/mol. The van der Waals surface area contributed by atoms with Gasteiger partial charge in [-0.1, -0.05) is 51.5 Å². The van der Waals surface area contributed by atoms with Gasteiger partial charge >= 0.3 is 0 Å². The minimum atomic E-state index is -0.852. The van der Waals surface area contributed by atoms with Crippen molar-refractivity contribution in [1.82, 2.24) is 16.0 Å². The lowest BCUT2D eigenvalue weighted by molar-refractivity contribution is -0.133. The summed E-state index contributed by atoms with van der Waals surface area (Å²) in [5.74, 6) is 0.764. The van der Waals surface area contributed by atoms with Crippen LogP contribution in [0.4, 0.5) is 0 Å². The zero-order valence-electron chi connectivity index (χ0n) is 24.0. The molecule has 40 heavy (non-hydrogen) atoms. The molecule has 0 unspecified atom stereocenters. The minimum absolute atomic E-state index is 0.107. The van der Waals surface area contributed by atoms with Crippen LogP contribution < -0.4 is 27.4 Å². The molecule has 0 heterocycles. The lowest BCUT2D eigenvalue weighted by Crippen LogP contribution is -2.56. The zero-order valence-corrected chi connectivity index (χ0v) is 25.6. The lowest BCUT2D eigenvalue weighted by Gasteiger charge is -2.24. The van der Waals surface area contributed by atoms with Crippen molar-refractivity contribution in [2.24, 2.45) is 17.4 Å². The van der Waals surface area contributed by atoms with Gasteiger partial charge in [-0.3, -0.25) is 24.0 Å². The van der Waals surface area contributed by atoms with Gasteiger partial charge in [-0.15, -0.1) is 0 Å². The minimum Gasteiger partial charge on any atom is -0.370 e. The molecule has 0 aliphatic carbocycles. The molecule has 10 nitrogen and oxygen atoms in total. The molecule has 224 valence electrons. The number of carbonyl (C=O) groups excluding carboxylic acids is 5. The number of thioether (sulfide) groups is 2. The standard InChI is InChI=1S/C28H45N5O5S2/c1-5-8-22(26(30)36)32-28(38)23(15-18(2)3)33-27(37)19(4)31-25(35)12-14-40-17-21-10-7-6-9-20(21)16-39-13-11-24(29)34/h6-7,9-10,18-19,22-23H,5,8,11-17H2,1-4H3,(H2,29,34)(H2,30,36)(H,31,35)(H,32,38)(H,33,37)/t19-,22-,23-/m0/s1. The largest absolute Gasteiger partial charge is 0.370 e. The molecule has 7 N–H and O–H groups in total. The molecular formula is C28H45N5O5S2. The van der Waals surface area contributed by atoms with Crippen LogP contribution in [0.1, 0.15) is 70.9 Å². The van der Waals surface area contributed by atoms with E-state index in [9.17, 15) is 24.0 Å². The first-order valence-electron chi connectivity index (χ1n) is 13.6. The van der Waals surface area contributed by atoms with E-state index in [1.54, 1.807) is 30.4 Å². The molecule has 0 aromatic heterocycles. The van der Waals surface area contributed by atoms with E-state index in [2.05, 4.69) is 28.1 Å². The summed E-state index contributed by atoms with van der Waals surface area (Å²) >= 11 is 3.29. The van der Waals surface area contributed by atoms with E-state index in [4.69, 9.17) is 11.5 Å². The highest BCUT2D eigenvalue weighted by Crippen LogP contribution is 2.22. The summed E-state index contributed by atoms with van der Waals surface area (Å²) in [6.07, 6.45) is 2.05. The van der Waals surface area contributed by atoms with Crippen molar-refractivity contribution in [1.29, 1.82) is 0 Å². The van der Waals surface area contributed by atoms with Crippen LogP contribution in [0.5, 0.6) is 0 Å². The summed E-state index contributed by atoms with van der Waals surface area (Å²) in [6, 6.07) is 5.59. The number of hydrogen-bond donors (Lipinski definition) is 5. The Balaban J connectivity index is 2.54. The second-order valence-electron chi connectivity index (χ2n) is 10.1. The molecule has 0 aliphatic heterocycles. The van der Waals surface area contributed by atoms with Crippen LogP contribution in [0.15, 0.2) is 24.3 Å². The van der Waals surface area contributed by atoms with E-state index >= 15 is 0 Å². The van der Waals surface area contributed by atoms with Gasteiger partial charge in [0.05, 0.1) is 0 Å². The first-order valence-corrected chi connectivity index (χ1v) is 15.9. The number of rotatable bonds is 20. The highest BCUT2D eigenvalue weighted by Gasteiger charge is 2.27. The van der Waals surface area contributed by atoms with Crippen molar-refractivity contribution in [2.45, 2.75) is 89.4 Å². The third kappa shape index (κ3) is 14.6. The topological polar surface area (TPSA) is 173 Å². The molecule has 12 heteroatoms. The number of nitrogens with two attached hydrogens (primary N) is 2. The van der Waals surface area contributed by atoms with Gasteiger partial charge in [-0.2, -0.15) is 23.5 Å². The molecule has 0 radical (unpaired) electrons. The molecule has 0 saturated heterocycles. The fourth-order valence-corrected chi connectivity index (χ4v) is 5.73. The maximum atomic E-state index is 12.8. The summed E-state index contributed by atoms with van der Waals surface area (Å²) in [5.41, 5.74) is 13.0. The van der Waals surface area contributed by atoms with E-state index < -0.39 is 35.8 Å². The Hall–Kier alpha value is -2.73. The van der Waals surface area contributed by atoms with Gasteiger partial charge in [0.25, 0.3) is 0 Å². The third-order valence-electron chi connectivity index (χ3n) is 5.95. The quantitative estimate of drug-likeness (QED) is 0.144. The van der Waals surface area contributed by atoms with E-state index in [0.29, 0.717) is 37.2 Å². The van der Waals surface area contributed by atoms with Gasteiger partial charge in [0, 0.05) is 35.9 Å². The fraction of sp³-hybridized carbons (Fsp3) is 0.607. The number of hydrogen-bond acceptors (Lipinski definition) is 7. The Bertz CT molecular complexity index is 992. The average Bonchev–Trinajstić information content (AvgIpc) is 2.88. The van der Waals surface area contributed by atoms with Crippen LogP contribution in [0.3, 0.4) is 0 Å². The molecule has 0 bridgehead atoms. The maximum absolute atomic E-state index is 12.8. The predicted octanol–water partition coefficient (Wildman–Crippen LogP) is 2.22. The Morgan fingerprint density at radius 2 is 1.35 bits per heavy atom. The van der Waals surface area contributed by atoms with Crippen LogP contribution in [-0.4, -0.2) is 59.2 Å². The van der Waals surface area contributed by atoms with Crippen LogP contribution >= 0.6 is 23.5 Å². The van der Waals surface area contributed by atoms with Crippen molar-refractivity contribution in [2.75, 3.05) is 11.5 Å². The van der Waals surface area contributed by atoms with Gasteiger partial charge in [-0.05, 0) is 36.8 Å². The molecular weight excluding hydrogens is 550 g/mol. The van der Waals surface area contributed by atoms with E-state index in [1.165, 1.54) is 11.1 Å². The van der Waals surface area contributed by atoms with Gasteiger partial charge in [0.15, 0.2) is 0 Å². The van der Waals surface area contributed by atoms with Crippen molar-refractivity contribution in [3.05, 3.63) is 35.4 Å². The molecule has 0 aliphatic rings. The molecule has 3 atom stereocenters. The van der Waals surface area contributed by atoms with Crippen LogP contribution in [0.2, 0.25) is 0 Å². The van der Waals surface area contributed by atoms with Crippen molar-refractivity contribution in [3.63, 3.8) is 0 Å². The zero-order chi connectivity index (χ0) is 30.1. The van der Waals surface area contributed by atoms with Crippen molar-refractivity contribution >= 4 is 53.1 Å². The first-order chi connectivity index (χ1) is 18.9. The fourth-order valence-electron chi connectivity index (χ4n) is 3.77. The van der Waals surface area contributed by atoms with Gasteiger partial charge in [0.2, 0.25) is 29.5 Å². The number of nitrogens with one attached hydrogen (secondary N) is 3. The van der Waals surface area contributed by atoms with E-state index in [1.807, 2.05) is 32.9 Å². The average molecular weight is 596 g/mol. The van der Waals surface area contributed by atoms with Gasteiger partial charge in [-0.25, -0.2) is 0 Å². The Labute approximate surface area is 246 Å². The molecule has 1 aromatic rings. The molecule has 1 rings (SSSR count). The molecule has 0 saturated carbocycles. The number of carbonyl (C=O) groups is 5. The van der Waals surface area contributed by atoms with E-state index in [-0.39, 0.29) is 24.2 Å². The number of amides is 5. The summed E-state index contributed by atoms with van der Waals surface area (Å²) in [4.78, 5) is 60.7. The third-order valence-corrected chi connectivity index (χ3v) is 7.96. The Kier molecular flexibility index (Phi) is 17.1. The van der Waals surface area contributed by atoms with Crippen LogP contribution in [0.25, 0.3) is 0 Å². The second-order valence-corrected chi connectivity index (χ2v) is 12.3. The molecule has 0 spiro atoms. The van der Waals surface area contributed by atoms with Crippen molar-refractivity contribution < 1.29 is 24.0 Å². The van der Waals surface area contributed by atoms with Gasteiger partial charge < -0.3 is 27.4 Å². The summed E-state index contributed by atoms with van der Waals surface area (Å²) in [7, 11) is 0.